The molecular weight excluding hydrogens is 612 g/mol. The average molecular weight is 649 g/mol. The molecule has 2 aliphatic heterocycles. The van der Waals surface area contributed by atoms with Gasteiger partial charge in [0.25, 0.3) is 0 Å². The Kier molecular flexibility index (Phi) is 10.6. The van der Waals surface area contributed by atoms with E-state index >= 15 is 0 Å². The number of ether oxygens (including phenoxy) is 4. The van der Waals surface area contributed by atoms with Crippen molar-refractivity contribution in [2.75, 3.05) is 6.79 Å². The zero-order valence-electron chi connectivity index (χ0n) is 24.7. The second-order valence-corrected chi connectivity index (χ2v) is 11.6. The van der Waals surface area contributed by atoms with Crippen LogP contribution in [0.25, 0.3) is 6.08 Å². The molecule has 3 fully saturated rings. The van der Waals surface area contributed by atoms with Crippen molar-refractivity contribution in [3.8, 4) is 11.5 Å². The van der Waals surface area contributed by atoms with Gasteiger partial charge >= 0.3 is 0 Å². The maximum Gasteiger partial charge on any atom is 0.247 e. The van der Waals surface area contributed by atoms with Crippen LogP contribution in [0, 0.1) is 0 Å². The molecule has 0 spiro atoms. The molecule has 13 nitrogen and oxygen atoms in total. The Morgan fingerprint density at radius 1 is 1.09 bits per heavy atom. The van der Waals surface area contributed by atoms with Crippen LogP contribution in [0.3, 0.4) is 0 Å². The molecule has 1 amide bonds. The summed E-state index contributed by atoms with van der Waals surface area (Å²) in [5, 5.41) is 60.0. The summed E-state index contributed by atoms with van der Waals surface area (Å²) in [4.78, 5) is 18.3. The molecule has 0 bridgehead atoms. The van der Waals surface area contributed by atoms with Gasteiger partial charge in [0.15, 0.2) is 11.5 Å². The summed E-state index contributed by atoms with van der Waals surface area (Å²) < 4.78 is 22.3. The average Bonchev–Trinajstić information content (AvgIpc) is 3.65. The molecule has 2 aromatic rings. The number of benzene rings is 2. The number of hydrogen-bond acceptors (Lipinski definition) is 12. The Hall–Kier alpha value is -3.27. The number of hydrogen-bond donors (Lipinski definition) is 6. The van der Waals surface area contributed by atoms with Crippen molar-refractivity contribution < 1.29 is 54.1 Å². The molecule has 5 rings (SSSR count). The SMILES string of the molecule is CCC(=NOCc1cccc(Cl)c1)[C@H]1O[C@@H](Oc2ccc(C=C(C)C(=O)N[C@@H]3[C@H](O)[C@@H](O)[C@H]4OCO[C@H]4[C@@H]3O)cc2O)C[C@@H]1O. The van der Waals surface area contributed by atoms with E-state index in [0.29, 0.717) is 22.7 Å². The monoisotopic (exact) mass is 648 g/mol. The lowest BCUT2D eigenvalue weighted by Gasteiger charge is -2.41. The van der Waals surface area contributed by atoms with Crippen molar-refractivity contribution in [1.29, 1.82) is 0 Å². The highest BCUT2D eigenvalue weighted by Crippen LogP contribution is 2.33. The normalized spacial score (nSPS) is 31.8. The zero-order valence-corrected chi connectivity index (χ0v) is 25.4. The third-order valence-corrected chi connectivity index (χ3v) is 8.19. The van der Waals surface area contributed by atoms with E-state index in [0.717, 1.165) is 5.56 Å². The number of fused-ring (bicyclic) bond motifs is 1. The van der Waals surface area contributed by atoms with Crippen LogP contribution in [0.5, 0.6) is 11.5 Å². The van der Waals surface area contributed by atoms with Gasteiger partial charge in [0.1, 0.15) is 50.0 Å². The van der Waals surface area contributed by atoms with E-state index in [1.54, 1.807) is 18.2 Å². The lowest BCUT2D eigenvalue weighted by molar-refractivity contribution is -0.155. The number of aliphatic hydroxyl groups is 4. The number of aromatic hydroxyl groups is 1. The molecule has 14 heteroatoms. The van der Waals surface area contributed by atoms with Gasteiger partial charge in [0, 0.05) is 17.0 Å². The number of carbonyl (C=O) groups excluding carboxylic acids is 1. The molecule has 9 atom stereocenters. The van der Waals surface area contributed by atoms with Gasteiger partial charge in [-0.25, -0.2) is 0 Å². The Morgan fingerprint density at radius 2 is 1.84 bits per heavy atom. The summed E-state index contributed by atoms with van der Waals surface area (Å²) >= 11 is 6.01. The first-order chi connectivity index (χ1) is 21.5. The topological polar surface area (TPSA) is 189 Å². The molecule has 0 radical (unpaired) electrons. The largest absolute Gasteiger partial charge is 0.504 e. The summed E-state index contributed by atoms with van der Waals surface area (Å²) in [6.07, 6.45) is -6.36. The number of nitrogens with one attached hydrogen (secondary N) is 1. The molecule has 2 heterocycles. The van der Waals surface area contributed by atoms with Crippen molar-refractivity contribution in [2.45, 2.75) is 88.4 Å². The van der Waals surface area contributed by atoms with Crippen LogP contribution < -0.4 is 10.1 Å². The maximum absolute atomic E-state index is 12.9. The molecule has 6 N–H and O–H groups in total. The van der Waals surface area contributed by atoms with E-state index in [1.165, 1.54) is 25.1 Å². The first kappa shape index (κ1) is 33.1. The predicted molar refractivity (Wildman–Crippen MR) is 160 cm³/mol. The standard InChI is InChI=1S/C31H37ClN2O11/c1-3-19(34-43-13-17-5-4-6-18(32)10-17)28-21(36)12-23(45-28)44-22-8-7-16(11-20(22)35)9-15(2)31(40)33-24-25(37)27(39)30-29(26(24)38)41-14-42-30/h4-11,21,23-30,35-39H,3,12-14H2,1-2H3,(H,33,40)/t21-,23+,24+,25-,26+,27+,28+,29-,30+/m0/s1. The third kappa shape index (κ3) is 7.59. The quantitative estimate of drug-likeness (QED) is 0.125. The van der Waals surface area contributed by atoms with Crippen LogP contribution >= 0.6 is 11.6 Å². The van der Waals surface area contributed by atoms with Crippen LogP contribution in [0.2, 0.25) is 5.02 Å². The summed E-state index contributed by atoms with van der Waals surface area (Å²) in [7, 11) is 0. The molecular formula is C31H37ClN2O11. The number of oxime groups is 1. The number of phenols is 1. The minimum atomic E-state index is -1.47. The van der Waals surface area contributed by atoms with E-state index in [-0.39, 0.29) is 36.9 Å². The third-order valence-electron chi connectivity index (χ3n) is 7.96. The van der Waals surface area contributed by atoms with Gasteiger partial charge in [0.2, 0.25) is 12.2 Å². The number of nitrogens with zero attached hydrogens (tertiary/aromatic N) is 1. The van der Waals surface area contributed by atoms with Gasteiger partial charge in [-0.2, -0.15) is 0 Å². The molecule has 3 aliphatic rings. The number of halogens is 1. The van der Waals surface area contributed by atoms with Crippen LogP contribution in [0.1, 0.15) is 37.8 Å². The van der Waals surface area contributed by atoms with E-state index in [2.05, 4.69) is 10.5 Å². The molecule has 0 unspecified atom stereocenters. The molecule has 1 aliphatic carbocycles. The van der Waals surface area contributed by atoms with Gasteiger partial charge in [-0.3, -0.25) is 4.79 Å². The second kappa shape index (κ2) is 14.4. The van der Waals surface area contributed by atoms with E-state index in [9.17, 15) is 30.3 Å². The van der Waals surface area contributed by atoms with E-state index in [1.807, 2.05) is 19.1 Å². The van der Waals surface area contributed by atoms with Gasteiger partial charge in [-0.05, 0) is 54.8 Å². The number of carbonyl (C=O) groups is 1. The maximum atomic E-state index is 12.9. The predicted octanol–water partition coefficient (Wildman–Crippen LogP) is 1.61. The highest BCUT2D eigenvalue weighted by atomic mass is 35.5. The number of aliphatic hydroxyl groups excluding tert-OH is 4. The first-order valence-corrected chi connectivity index (χ1v) is 15.0. The van der Waals surface area contributed by atoms with Crippen molar-refractivity contribution in [3.05, 3.63) is 64.2 Å². The summed E-state index contributed by atoms with van der Waals surface area (Å²) in [5.41, 5.74) is 2.01. The lowest BCUT2D eigenvalue weighted by Crippen LogP contribution is -2.67. The van der Waals surface area contributed by atoms with Crippen molar-refractivity contribution in [2.24, 2.45) is 5.16 Å². The first-order valence-electron chi connectivity index (χ1n) is 14.6. The Morgan fingerprint density at radius 3 is 2.56 bits per heavy atom. The smallest absolute Gasteiger partial charge is 0.247 e. The fraction of sp³-hybridized carbons (Fsp3) is 0.484. The minimum Gasteiger partial charge on any atom is -0.504 e. The summed E-state index contributed by atoms with van der Waals surface area (Å²) in [6, 6.07) is 10.5. The molecule has 45 heavy (non-hydrogen) atoms. The highest BCUT2D eigenvalue weighted by molar-refractivity contribution is 6.30. The second-order valence-electron chi connectivity index (χ2n) is 11.2. The van der Waals surface area contributed by atoms with Crippen LogP contribution in [-0.2, 0) is 30.4 Å². The molecule has 244 valence electrons. The van der Waals surface area contributed by atoms with Crippen molar-refractivity contribution >= 4 is 29.3 Å². The summed E-state index contributed by atoms with van der Waals surface area (Å²) in [5.74, 6) is -0.722. The van der Waals surface area contributed by atoms with Crippen molar-refractivity contribution in [3.63, 3.8) is 0 Å². The minimum absolute atomic E-state index is 0.107. The molecule has 1 saturated carbocycles. The number of rotatable bonds is 10. The van der Waals surface area contributed by atoms with Crippen molar-refractivity contribution in [1.82, 2.24) is 5.32 Å². The fourth-order valence-electron chi connectivity index (χ4n) is 5.54. The van der Waals surface area contributed by atoms with Gasteiger partial charge in [-0.1, -0.05) is 41.9 Å². The summed E-state index contributed by atoms with van der Waals surface area (Å²) in [6.45, 7) is 3.44. The Balaban J connectivity index is 1.17. The highest BCUT2D eigenvalue weighted by Gasteiger charge is 2.53. The Labute approximate surface area is 264 Å². The van der Waals surface area contributed by atoms with Crippen LogP contribution in [0.15, 0.2) is 53.2 Å². The molecule has 2 saturated heterocycles. The van der Waals surface area contributed by atoms with Crippen LogP contribution in [-0.4, -0.2) is 99.0 Å². The van der Waals surface area contributed by atoms with Gasteiger partial charge < -0.3 is 54.6 Å². The number of amides is 1. The number of phenolic OH excluding ortho intramolecular Hbond substituents is 1. The van der Waals surface area contributed by atoms with E-state index in [4.69, 9.17) is 35.4 Å². The zero-order chi connectivity index (χ0) is 32.2. The fourth-order valence-corrected chi connectivity index (χ4v) is 5.76. The van der Waals surface area contributed by atoms with Gasteiger partial charge in [-0.15, -0.1) is 0 Å². The lowest BCUT2D eigenvalue weighted by atomic mass is 9.83. The van der Waals surface area contributed by atoms with E-state index < -0.39 is 61.0 Å². The van der Waals surface area contributed by atoms with Crippen LogP contribution in [0.4, 0.5) is 0 Å². The molecule has 0 aromatic heterocycles. The van der Waals surface area contributed by atoms with Gasteiger partial charge in [0.05, 0.1) is 17.9 Å². The molecule has 2 aromatic carbocycles. The Bertz CT molecular complexity index is 1420.